The number of benzene rings is 1. The molecule has 0 amide bonds. The minimum atomic E-state index is -0.893. The number of aromatic hydroxyl groups is 1. The van der Waals surface area contributed by atoms with Crippen molar-refractivity contribution in [2.75, 3.05) is 14.1 Å². The number of hydrogen-bond donors (Lipinski definition) is 2. The van der Waals surface area contributed by atoms with E-state index < -0.39 is 12.0 Å². The van der Waals surface area contributed by atoms with E-state index in [1.807, 2.05) is 53.7 Å². The quantitative estimate of drug-likeness (QED) is 0.894. The van der Waals surface area contributed by atoms with Crippen LogP contribution in [-0.4, -0.2) is 35.2 Å². The predicted octanol–water partition coefficient (Wildman–Crippen LogP) is 3.67. The summed E-state index contributed by atoms with van der Waals surface area (Å²) < 4.78 is 0. The first-order valence-electron chi connectivity index (χ1n) is 7.54. The lowest BCUT2D eigenvalue weighted by atomic mass is 9.77. The number of phenols is 1. The third kappa shape index (κ3) is 3.80. The molecule has 4 nitrogen and oxygen atoms in total. The molecule has 1 unspecified atom stereocenters. The lowest BCUT2D eigenvalue weighted by Crippen LogP contribution is -2.28. The maximum absolute atomic E-state index is 11.6. The number of carboxylic acid groups (broad SMARTS) is 1. The molecule has 0 spiro atoms. The highest BCUT2D eigenvalue weighted by atomic mass is 16.4. The molecule has 0 aliphatic rings. The van der Waals surface area contributed by atoms with Gasteiger partial charge in [0.15, 0.2) is 0 Å². The second-order valence-electron chi connectivity index (χ2n) is 8.17. The summed E-state index contributed by atoms with van der Waals surface area (Å²) in [6, 6.07) is 2.91. The molecule has 4 heteroatoms. The van der Waals surface area contributed by atoms with Gasteiger partial charge < -0.3 is 10.2 Å². The minimum absolute atomic E-state index is 0.268. The van der Waals surface area contributed by atoms with Gasteiger partial charge in [0.25, 0.3) is 0 Å². The zero-order valence-electron chi connectivity index (χ0n) is 15.0. The van der Waals surface area contributed by atoms with Crippen LogP contribution in [-0.2, 0) is 15.6 Å². The van der Waals surface area contributed by atoms with Gasteiger partial charge in [-0.2, -0.15) is 0 Å². The van der Waals surface area contributed by atoms with Crippen molar-refractivity contribution in [3.8, 4) is 5.75 Å². The third-order valence-electron chi connectivity index (χ3n) is 3.81. The van der Waals surface area contributed by atoms with Gasteiger partial charge in [-0.05, 0) is 53.7 Å². The fraction of sp³-hybridized carbons (Fsp3) is 0.611. The van der Waals surface area contributed by atoms with Gasteiger partial charge in [0.05, 0.1) is 0 Å². The van der Waals surface area contributed by atoms with Crippen LogP contribution < -0.4 is 0 Å². The lowest BCUT2D eigenvalue weighted by Gasteiger charge is -2.30. The summed E-state index contributed by atoms with van der Waals surface area (Å²) in [5, 5.41) is 20.2. The number of nitrogens with zero attached hydrogens (tertiary/aromatic N) is 1. The summed E-state index contributed by atoms with van der Waals surface area (Å²) in [6.45, 7) is 12.1. The molecular formula is C18H29NO3. The fourth-order valence-corrected chi connectivity index (χ4v) is 2.62. The van der Waals surface area contributed by atoms with Crippen molar-refractivity contribution >= 4 is 5.97 Å². The van der Waals surface area contributed by atoms with E-state index in [1.54, 1.807) is 19.0 Å². The Bertz CT molecular complexity index is 528. The fourth-order valence-electron chi connectivity index (χ4n) is 2.62. The SMILES string of the molecule is CN(C)C(C(=O)O)c1cc(C(C)(C)C)c(O)c(C(C)(C)C)c1. The first kappa shape index (κ1) is 18.5. The van der Waals surface area contributed by atoms with Gasteiger partial charge in [0.2, 0.25) is 0 Å². The molecule has 0 fully saturated rings. The van der Waals surface area contributed by atoms with Crippen molar-refractivity contribution in [2.24, 2.45) is 0 Å². The number of hydrogen-bond acceptors (Lipinski definition) is 3. The van der Waals surface area contributed by atoms with Gasteiger partial charge in [-0.1, -0.05) is 41.5 Å². The summed E-state index contributed by atoms with van der Waals surface area (Å²) in [5.74, 6) is -0.623. The largest absolute Gasteiger partial charge is 0.507 e. The van der Waals surface area contributed by atoms with Gasteiger partial charge in [0.1, 0.15) is 11.8 Å². The Labute approximate surface area is 133 Å². The van der Waals surface area contributed by atoms with Crippen LogP contribution in [0.1, 0.15) is 64.3 Å². The molecule has 0 radical (unpaired) electrons. The molecule has 0 saturated carbocycles. The zero-order valence-corrected chi connectivity index (χ0v) is 15.0. The molecule has 1 aromatic rings. The van der Waals surface area contributed by atoms with E-state index >= 15 is 0 Å². The van der Waals surface area contributed by atoms with E-state index in [0.717, 1.165) is 11.1 Å². The van der Waals surface area contributed by atoms with E-state index in [2.05, 4.69) is 0 Å². The maximum atomic E-state index is 11.6. The van der Waals surface area contributed by atoms with Crippen LogP contribution in [0.3, 0.4) is 0 Å². The Hall–Kier alpha value is -1.55. The van der Waals surface area contributed by atoms with Crippen molar-refractivity contribution in [3.05, 3.63) is 28.8 Å². The Morgan fingerprint density at radius 1 is 1.00 bits per heavy atom. The summed E-state index contributed by atoms with van der Waals surface area (Å²) in [5.41, 5.74) is 1.72. The highest BCUT2D eigenvalue weighted by Crippen LogP contribution is 2.41. The van der Waals surface area contributed by atoms with E-state index in [-0.39, 0.29) is 16.6 Å². The third-order valence-corrected chi connectivity index (χ3v) is 3.81. The van der Waals surface area contributed by atoms with Crippen molar-refractivity contribution in [1.82, 2.24) is 4.90 Å². The van der Waals surface area contributed by atoms with Gasteiger partial charge in [0, 0.05) is 0 Å². The number of likely N-dealkylation sites (N-methyl/N-ethyl adjacent to an activating group) is 1. The molecule has 124 valence electrons. The van der Waals surface area contributed by atoms with Crippen molar-refractivity contribution < 1.29 is 15.0 Å². The van der Waals surface area contributed by atoms with E-state index in [0.29, 0.717) is 5.56 Å². The molecule has 0 saturated heterocycles. The molecule has 22 heavy (non-hydrogen) atoms. The Morgan fingerprint density at radius 3 is 1.59 bits per heavy atom. The standard InChI is InChI=1S/C18H29NO3/c1-17(2,3)12-9-11(14(16(21)22)19(7)8)10-13(15(12)20)18(4,5)6/h9-10,14,20H,1-8H3,(H,21,22). The van der Waals surface area contributed by atoms with Crippen LogP contribution in [0.25, 0.3) is 0 Å². The Kier molecular flexibility index (Phi) is 4.98. The monoisotopic (exact) mass is 307 g/mol. The molecule has 0 aliphatic heterocycles. The number of rotatable bonds is 3. The molecule has 0 bridgehead atoms. The first-order chi connectivity index (χ1) is 9.76. The van der Waals surface area contributed by atoms with Crippen LogP contribution in [0.15, 0.2) is 12.1 Å². The molecule has 1 aromatic carbocycles. The van der Waals surface area contributed by atoms with Crippen LogP contribution in [0.2, 0.25) is 0 Å². The predicted molar refractivity (Wildman–Crippen MR) is 89.6 cm³/mol. The Balaban J connectivity index is 3.71. The molecular weight excluding hydrogens is 278 g/mol. The molecule has 0 aromatic heterocycles. The molecule has 2 N–H and O–H groups in total. The van der Waals surface area contributed by atoms with Gasteiger partial charge in [-0.3, -0.25) is 9.69 Å². The van der Waals surface area contributed by atoms with Gasteiger partial charge in [-0.15, -0.1) is 0 Å². The highest BCUT2D eigenvalue weighted by molar-refractivity contribution is 5.76. The number of carboxylic acids is 1. The van der Waals surface area contributed by atoms with E-state index in [9.17, 15) is 15.0 Å². The zero-order chi connectivity index (χ0) is 17.5. The van der Waals surface area contributed by atoms with E-state index in [4.69, 9.17) is 0 Å². The number of phenolic OH excluding ortho intramolecular Hbond substituents is 1. The van der Waals surface area contributed by atoms with Crippen LogP contribution >= 0.6 is 0 Å². The van der Waals surface area contributed by atoms with E-state index in [1.165, 1.54) is 0 Å². The second-order valence-corrected chi connectivity index (χ2v) is 8.17. The summed E-state index contributed by atoms with van der Waals surface area (Å²) in [4.78, 5) is 13.3. The molecule has 1 rings (SSSR count). The van der Waals surface area contributed by atoms with Crippen LogP contribution in [0.5, 0.6) is 5.75 Å². The first-order valence-corrected chi connectivity index (χ1v) is 7.54. The summed E-state index contributed by atoms with van der Waals surface area (Å²) >= 11 is 0. The lowest BCUT2D eigenvalue weighted by molar-refractivity contribution is -0.142. The Morgan fingerprint density at radius 2 is 1.36 bits per heavy atom. The summed E-state index contributed by atoms with van der Waals surface area (Å²) in [7, 11) is 3.50. The molecule has 1 atom stereocenters. The van der Waals surface area contributed by atoms with Crippen molar-refractivity contribution in [3.63, 3.8) is 0 Å². The van der Waals surface area contributed by atoms with Crippen LogP contribution in [0.4, 0.5) is 0 Å². The smallest absolute Gasteiger partial charge is 0.325 e. The topological polar surface area (TPSA) is 60.8 Å². The minimum Gasteiger partial charge on any atom is -0.507 e. The second kappa shape index (κ2) is 5.92. The van der Waals surface area contributed by atoms with Crippen molar-refractivity contribution in [2.45, 2.75) is 58.4 Å². The highest BCUT2D eigenvalue weighted by Gasteiger charge is 2.30. The molecule has 0 heterocycles. The average Bonchev–Trinajstić information content (AvgIpc) is 2.26. The summed E-state index contributed by atoms with van der Waals surface area (Å²) in [6.07, 6.45) is 0. The number of carbonyl (C=O) groups is 1. The van der Waals surface area contributed by atoms with Gasteiger partial charge >= 0.3 is 5.97 Å². The van der Waals surface area contributed by atoms with Gasteiger partial charge in [-0.25, -0.2) is 0 Å². The van der Waals surface area contributed by atoms with Crippen LogP contribution in [0, 0.1) is 0 Å². The molecule has 0 aliphatic carbocycles. The number of aliphatic carboxylic acids is 1. The maximum Gasteiger partial charge on any atom is 0.325 e. The van der Waals surface area contributed by atoms with Crippen molar-refractivity contribution in [1.29, 1.82) is 0 Å². The average molecular weight is 307 g/mol. The normalized spacial score (nSPS) is 14.2.